The van der Waals surface area contributed by atoms with Crippen molar-refractivity contribution >= 4 is 33.3 Å². The molecule has 4 rings (SSSR count). The number of nitrogens with zero attached hydrogens (tertiary/aromatic N) is 4. The summed E-state index contributed by atoms with van der Waals surface area (Å²) in [6.45, 7) is 4.56. The van der Waals surface area contributed by atoms with Crippen molar-refractivity contribution < 1.29 is 14.1 Å². The summed E-state index contributed by atoms with van der Waals surface area (Å²) in [5.41, 5.74) is 2.75. The number of nitrogens with one attached hydrogen (secondary N) is 1. The summed E-state index contributed by atoms with van der Waals surface area (Å²) in [7, 11) is 3.43. The third-order valence-electron chi connectivity index (χ3n) is 5.55. The van der Waals surface area contributed by atoms with Gasteiger partial charge in [0.05, 0.1) is 23.4 Å². The van der Waals surface area contributed by atoms with E-state index in [0.717, 1.165) is 33.8 Å². The molecule has 0 aliphatic heterocycles. The highest BCUT2D eigenvalue weighted by molar-refractivity contribution is 7.20. The highest BCUT2D eigenvalue weighted by Gasteiger charge is 2.26. The van der Waals surface area contributed by atoms with Gasteiger partial charge in [-0.15, -0.1) is 11.3 Å². The van der Waals surface area contributed by atoms with Crippen LogP contribution in [0.4, 0.5) is 5.82 Å². The molecule has 0 saturated carbocycles. The minimum absolute atomic E-state index is 0.0802. The molecule has 0 radical (unpaired) electrons. The first-order valence-corrected chi connectivity index (χ1v) is 11.1. The SMILES string of the molecule is COc1cccc(CCNc2ncnc3sc(C(=O)N(C)C(C)c4ccon4)c(C)c23)c1. The molecule has 166 valence electrons. The first-order chi connectivity index (χ1) is 15.5. The maximum Gasteiger partial charge on any atom is 0.264 e. The van der Waals surface area contributed by atoms with Crippen LogP contribution in [-0.2, 0) is 6.42 Å². The summed E-state index contributed by atoms with van der Waals surface area (Å²) in [4.78, 5) is 25.2. The second kappa shape index (κ2) is 9.35. The van der Waals surface area contributed by atoms with Gasteiger partial charge in [0.1, 0.15) is 34.7 Å². The molecule has 0 fully saturated rings. The number of carbonyl (C=O) groups is 1. The lowest BCUT2D eigenvalue weighted by atomic mass is 10.1. The zero-order chi connectivity index (χ0) is 22.7. The fourth-order valence-corrected chi connectivity index (χ4v) is 4.67. The number of aryl methyl sites for hydroxylation is 1. The lowest BCUT2D eigenvalue weighted by molar-refractivity contribution is 0.0742. The van der Waals surface area contributed by atoms with Gasteiger partial charge in [-0.2, -0.15) is 0 Å². The molecule has 0 bridgehead atoms. The van der Waals surface area contributed by atoms with Crippen LogP contribution in [0.2, 0.25) is 0 Å². The summed E-state index contributed by atoms with van der Waals surface area (Å²) in [5.74, 6) is 1.49. The second-order valence-electron chi connectivity index (χ2n) is 7.50. The van der Waals surface area contributed by atoms with Crippen LogP contribution >= 0.6 is 11.3 Å². The van der Waals surface area contributed by atoms with Crippen molar-refractivity contribution in [2.24, 2.45) is 0 Å². The Kier molecular flexibility index (Phi) is 6.36. The Bertz CT molecular complexity index is 1220. The topological polar surface area (TPSA) is 93.4 Å². The third kappa shape index (κ3) is 4.29. The van der Waals surface area contributed by atoms with E-state index in [1.165, 1.54) is 29.5 Å². The molecule has 0 saturated heterocycles. The molecule has 1 atom stereocenters. The fraction of sp³-hybridized carbons (Fsp3) is 0.304. The standard InChI is InChI=1S/C23H25N5O3S/c1-14-19-21(24-10-8-16-6-5-7-17(12-16)30-4)25-13-26-22(19)32-20(14)23(29)28(3)15(2)18-9-11-31-27-18/h5-7,9,11-13,15H,8,10H2,1-4H3,(H,24,25,26). The van der Waals surface area contributed by atoms with Crippen LogP contribution in [0.5, 0.6) is 5.75 Å². The number of methoxy groups -OCH3 is 1. The van der Waals surface area contributed by atoms with Crippen LogP contribution in [0.1, 0.15) is 39.5 Å². The van der Waals surface area contributed by atoms with Gasteiger partial charge >= 0.3 is 0 Å². The average molecular weight is 452 g/mol. The van der Waals surface area contributed by atoms with E-state index < -0.39 is 0 Å². The van der Waals surface area contributed by atoms with Crippen LogP contribution in [0.25, 0.3) is 10.2 Å². The van der Waals surface area contributed by atoms with Gasteiger partial charge in [-0.1, -0.05) is 17.3 Å². The van der Waals surface area contributed by atoms with Gasteiger partial charge in [-0.25, -0.2) is 9.97 Å². The predicted molar refractivity (Wildman–Crippen MR) is 124 cm³/mol. The van der Waals surface area contributed by atoms with Crippen LogP contribution in [0.15, 0.2) is 47.4 Å². The number of aromatic nitrogens is 3. The van der Waals surface area contributed by atoms with Crippen molar-refractivity contribution in [1.82, 2.24) is 20.0 Å². The van der Waals surface area contributed by atoms with E-state index in [2.05, 4.69) is 26.5 Å². The number of anilines is 1. The van der Waals surface area contributed by atoms with Crippen molar-refractivity contribution in [3.05, 3.63) is 64.6 Å². The average Bonchev–Trinajstić information content (AvgIpc) is 3.47. The Morgan fingerprint density at radius 3 is 2.91 bits per heavy atom. The van der Waals surface area contributed by atoms with Crippen LogP contribution in [-0.4, -0.2) is 46.6 Å². The molecule has 0 aliphatic carbocycles. The molecule has 4 aromatic rings. The highest BCUT2D eigenvalue weighted by atomic mass is 32.1. The molecule has 0 spiro atoms. The first-order valence-electron chi connectivity index (χ1n) is 10.3. The molecule has 3 heterocycles. The normalized spacial score (nSPS) is 12.0. The Hall–Kier alpha value is -3.46. The fourth-order valence-electron chi connectivity index (χ4n) is 3.53. The maximum absolute atomic E-state index is 13.2. The number of thiophene rings is 1. The number of hydrogen-bond acceptors (Lipinski definition) is 8. The molecule has 0 aliphatic rings. The number of benzene rings is 1. The minimum atomic E-state index is -0.211. The van der Waals surface area contributed by atoms with Gasteiger partial charge in [0.15, 0.2) is 0 Å². The van der Waals surface area contributed by atoms with E-state index in [1.54, 1.807) is 25.1 Å². The predicted octanol–water partition coefficient (Wildman–Crippen LogP) is 4.48. The summed E-state index contributed by atoms with van der Waals surface area (Å²) in [6.07, 6.45) is 3.85. The van der Waals surface area contributed by atoms with Crippen molar-refractivity contribution in [2.75, 3.05) is 26.0 Å². The molecule has 1 amide bonds. The largest absolute Gasteiger partial charge is 0.497 e. The lowest BCUT2D eigenvalue weighted by Gasteiger charge is -2.22. The van der Waals surface area contributed by atoms with Crippen molar-refractivity contribution in [2.45, 2.75) is 26.3 Å². The highest BCUT2D eigenvalue weighted by Crippen LogP contribution is 2.35. The summed E-state index contributed by atoms with van der Waals surface area (Å²) in [5, 5.41) is 8.25. The molecule has 3 aromatic heterocycles. The third-order valence-corrected chi connectivity index (χ3v) is 6.74. The first kappa shape index (κ1) is 21.8. The number of carbonyl (C=O) groups excluding carboxylic acids is 1. The van der Waals surface area contributed by atoms with Gasteiger partial charge in [0, 0.05) is 19.7 Å². The van der Waals surface area contributed by atoms with Gasteiger partial charge in [0.2, 0.25) is 0 Å². The zero-order valence-corrected chi connectivity index (χ0v) is 19.3. The Labute approximate surface area is 190 Å². The Morgan fingerprint density at radius 2 is 2.16 bits per heavy atom. The monoisotopic (exact) mass is 451 g/mol. The Morgan fingerprint density at radius 1 is 1.31 bits per heavy atom. The lowest BCUT2D eigenvalue weighted by Crippen LogP contribution is -2.29. The van der Waals surface area contributed by atoms with E-state index in [4.69, 9.17) is 9.26 Å². The van der Waals surface area contributed by atoms with Gasteiger partial charge in [0.25, 0.3) is 5.91 Å². The number of hydrogen-bond donors (Lipinski definition) is 1. The summed E-state index contributed by atoms with van der Waals surface area (Å²) >= 11 is 1.38. The molecular weight excluding hydrogens is 426 g/mol. The number of amides is 1. The minimum Gasteiger partial charge on any atom is -0.497 e. The Balaban J connectivity index is 1.53. The van der Waals surface area contributed by atoms with Crippen molar-refractivity contribution in [3.63, 3.8) is 0 Å². The van der Waals surface area contributed by atoms with Crippen LogP contribution in [0, 0.1) is 6.92 Å². The summed E-state index contributed by atoms with van der Waals surface area (Å²) < 4.78 is 10.2. The van der Waals surface area contributed by atoms with Crippen molar-refractivity contribution in [1.29, 1.82) is 0 Å². The zero-order valence-electron chi connectivity index (χ0n) is 18.5. The van der Waals surface area contributed by atoms with Gasteiger partial charge in [-0.05, 0) is 43.5 Å². The van der Waals surface area contributed by atoms with Crippen LogP contribution < -0.4 is 10.1 Å². The van der Waals surface area contributed by atoms with E-state index in [-0.39, 0.29) is 11.9 Å². The molecular formula is C23H25N5O3S. The smallest absolute Gasteiger partial charge is 0.264 e. The summed E-state index contributed by atoms with van der Waals surface area (Å²) in [6, 6.07) is 9.56. The van der Waals surface area contributed by atoms with Gasteiger partial charge < -0.3 is 19.5 Å². The molecule has 1 aromatic carbocycles. The number of fused-ring (bicyclic) bond motifs is 1. The van der Waals surface area contributed by atoms with E-state index in [0.29, 0.717) is 17.1 Å². The quantitative estimate of drug-likeness (QED) is 0.422. The molecule has 9 heteroatoms. The van der Waals surface area contributed by atoms with E-state index in [1.807, 2.05) is 32.0 Å². The number of ether oxygens (including phenoxy) is 1. The van der Waals surface area contributed by atoms with E-state index >= 15 is 0 Å². The molecule has 32 heavy (non-hydrogen) atoms. The van der Waals surface area contributed by atoms with Gasteiger partial charge in [-0.3, -0.25) is 4.79 Å². The number of rotatable bonds is 8. The van der Waals surface area contributed by atoms with Crippen molar-refractivity contribution in [3.8, 4) is 5.75 Å². The maximum atomic E-state index is 13.2. The molecule has 8 nitrogen and oxygen atoms in total. The van der Waals surface area contributed by atoms with E-state index in [9.17, 15) is 4.79 Å². The molecule has 1 unspecified atom stereocenters. The van der Waals surface area contributed by atoms with Crippen LogP contribution in [0.3, 0.4) is 0 Å². The second-order valence-corrected chi connectivity index (χ2v) is 8.50. The molecule has 1 N–H and O–H groups in total.